The summed E-state index contributed by atoms with van der Waals surface area (Å²) in [7, 11) is 0. The van der Waals surface area contributed by atoms with Crippen molar-refractivity contribution >= 4 is 29.3 Å². The third-order valence-corrected chi connectivity index (χ3v) is 5.43. The fraction of sp³-hybridized carbons (Fsp3) is 0.304. The van der Waals surface area contributed by atoms with Gasteiger partial charge in [0.2, 0.25) is 11.8 Å². The van der Waals surface area contributed by atoms with E-state index in [9.17, 15) is 19.2 Å². The monoisotopic (exact) mass is 421 g/mol. The van der Waals surface area contributed by atoms with Gasteiger partial charge in [-0.1, -0.05) is 12.1 Å². The minimum Gasteiger partial charge on any atom is -0.494 e. The molecule has 0 bridgehead atoms. The number of hydrogen-bond donors (Lipinski definition) is 1. The maximum Gasteiger partial charge on any atom is 0.262 e. The summed E-state index contributed by atoms with van der Waals surface area (Å²) in [5, 5.41) is 2.75. The van der Waals surface area contributed by atoms with Crippen LogP contribution in [-0.2, 0) is 9.59 Å². The molecule has 2 aromatic carbocycles. The molecular formula is C23H23N3O5. The van der Waals surface area contributed by atoms with Crippen molar-refractivity contribution in [3.8, 4) is 5.75 Å². The molecule has 1 unspecified atom stereocenters. The number of benzene rings is 2. The molecule has 0 saturated carbocycles. The first-order valence-electron chi connectivity index (χ1n) is 10.2. The van der Waals surface area contributed by atoms with Crippen LogP contribution in [0.2, 0.25) is 0 Å². The van der Waals surface area contributed by atoms with Crippen LogP contribution in [0.4, 0.5) is 5.69 Å². The van der Waals surface area contributed by atoms with Crippen LogP contribution in [0, 0.1) is 5.92 Å². The number of hydrogen-bond acceptors (Lipinski definition) is 5. The summed E-state index contributed by atoms with van der Waals surface area (Å²) in [6.45, 7) is 2.92. The largest absolute Gasteiger partial charge is 0.494 e. The first kappa shape index (κ1) is 20.6. The summed E-state index contributed by atoms with van der Waals surface area (Å²) in [6, 6.07) is 13.8. The minimum atomic E-state index is -0.464. The van der Waals surface area contributed by atoms with Gasteiger partial charge >= 0.3 is 0 Å². The molecule has 2 heterocycles. The molecule has 0 aliphatic carbocycles. The number of amides is 4. The van der Waals surface area contributed by atoms with Crippen LogP contribution in [0.1, 0.15) is 34.1 Å². The van der Waals surface area contributed by atoms with Gasteiger partial charge in [-0.2, -0.15) is 0 Å². The molecule has 0 spiro atoms. The molecular weight excluding hydrogens is 398 g/mol. The first-order chi connectivity index (χ1) is 15.0. The molecule has 2 aliphatic rings. The highest BCUT2D eigenvalue weighted by molar-refractivity contribution is 6.22. The Hall–Kier alpha value is -3.68. The summed E-state index contributed by atoms with van der Waals surface area (Å²) in [5.74, 6) is -0.674. The van der Waals surface area contributed by atoms with E-state index < -0.39 is 17.7 Å². The number of nitrogens with one attached hydrogen (secondary N) is 1. The predicted molar refractivity (Wildman–Crippen MR) is 113 cm³/mol. The topological polar surface area (TPSA) is 96.0 Å². The van der Waals surface area contributed by atoms with E-state index in [-0.39, 0.29) is 18.4 Å². The molecule has 2 aromatic rings. The van der Waals surface area contributed by atoms with Gasteiger partial charge in [0, 0.05) is 31.1 Å². The van der Waals surface area contributed by atoms with Crippen LogP contribution in [0.3, 0.4) is 0 Å². The second-order valence-electron chi connectivity index (χ2n) is 7.55. The van der Waals surface area contributed by atoms with Gasteiger partial charge in [-0.15, -0.1) is 0 Å². The summed E-state index contributed by atoms with van der Waals surface area (Å²) in [6.07, 6.45) is 0.320. The Balaban J connectivity index is 1.30. The molecule has 2 aliphatic heterocycles. The number of carbonyl (C=O) groups excluding carboxylic acids is 4. The van der Waals surface area contributed by atoms with E-state index in [1.54, 1.807) is 29.2 Å². The van der Waals surface area contributed by atoms with Crippen molar-refractivity contribution < 1.29 is 23.9 Å². The highest BCUT2D eigenvalue weighted by atomic mass is 16.5. The molecule has 0 radical (unpaired) electrons. The summed E-state index contributed by atoms with van der Waals surface area (Å²) in [5.41, 5.74) is 1.41. The summed E-state index contributed by atoms with van der Waals surface area (Å²) < 4.78 is 5.42. The minimum absolute atomic E-state index is 0.0104. The lowest BCUT2D eigenvalue weighted by molar-refractivity contribution is -0.122. The van der Waals surface area contributed by atoms with E-state index in [2.05, 4.69) is 5.32 Å². The summed E-state index contributed by atoms with van der Waals surface area (Å²) in [4.78, 5) is 52.2. The fourth-order valence-electron chi connectivity index (χ4n) is 3.90. The Morgan fingerprint density at radius 3 is 2.29 bits per heavy atom. The quantitative estimate of drug-likeness (QED) is 0.689. The second-order valence-corrected chi connectivity index (χ2v) is 7.55. The zero-order chi connectivity index (χ0) is 22.0. The first-order valence-corrected chi connectivity index (χ1v) is 10.2. The van der Waals surface area contributed by atoms with Gasteiger partial charge in [0.25, 0.3) is 11.8 Å². The number of imide groups is 1. The third-order valence-electron chi connectivity index (χ3n) is 5.43. The number of carbonyl (C=O) groups is 4. The predicted octanol–water partition coefficient (Wildman–Crippen LogP) is 1.85. The molecule has 0 aromatic heterocycles. The molecule has 1 atom stereocenters. The fourth-order valence-corrected chi connectivity index (χ4v) is 3.90. The normalized spacial score (nSPS) is 17.8. The molecule has 1 N–H and O–H groups in total. The standard InChI is InChI=1S/C23H23N3O5/c1-2-31-17-9-7-16(8-10-17)25-13-15(11-21(25)28)12-24-20(27)14-26-22(29)18-5-3-4-6-19(18)23(26)30/h3-10,15H,2,11-14H2,1H3,(H,24,27). The second kappa shape index (κ2) is 8.59. The van der Waals surface area contributed by atoms with E-state index in [0.717, 1.165) is 16.3 Å². The zero-order valence-corrected chi connectivity index (χ0v) is 17.2. The third kappa shape index (κ3) is 4.14. The van der Waals surface area contributed by atoms with Gasteiger partial charge in [-0.05, 0) is 43.3 Å². The molecule has 1 saturated heterocycles. The Morgan fingerprint density at radius 1 is 1.03 bits per heavy atom. The lowest BCUT2D eigenvalue weighted by atomic mass is 10.1. The Labute approximate surface area is 179 Å². The van der Waals surface area contributed by atoms with Crippen LogP contribution in [0.5, 0.6) is 5.75 Å². The van der Waals surface area contributed by atoms with Gasteiger partial charge in [-0.25, -0.2) is 0 Å². The highest BCUT2D eigenvalue weighted by Crippen LogP contribution is 2.27. The number of ether oxygens (including phenoxy) is 1. The molecule has 8 heteroatoms. The van der Waals surface area contributed by atoms with Crippen LogP contribution < -0.4 is 15.0 Å². The number of anilines is 1. The van der Waals surface area contributed by atoms with Crippen LogP contribution in [0.25, 0.3) is 0 Å². The van der Waals surface area contributed by atoms with Crippen molar-refractivity contribution in [1.82, 2.24) is 10.2 Å². The Morgan fingerprint density at radius 2 is 1.68 bits per heavy atom. The van der Waals surface area contributed by atoms with E-state index in [1.807, 2.05) is 31.2 Å². The van der Waals surface area contributed by atoms with E-state index in [1.165, 1.54) is 0 Å². The van der Waals surface area contributed by atoms with E-state index in [0.29, 0.717) is 37.2 Å². The van der Waals surface area contributed by atoms with Gasteiger partial charge in [0.1, 0.15) is 12.3 Å². The zero-order valence-electron chi connectivity index (χ0n) is 17.2. The van der Waals surface area contributed by atoms with Gasteiger partial charge in [0.15, 0.2) is 0 Å². The van der Waals surface area contributed by atoms with Crippen molar-refractivity contribution in [2.45, 2.75) is 13.3 Å². The molecule has 8 nitrogen and oxygen atoms in total. The highest BCUT2D eigenvalue weighted by Gasteiger charge is 2.36. The molecule has 1 fully saturated rings. The molecule has 31 heavy (non-hydrogen) atoms. The lowest BCUT2D eigenvalue weighted by Crippen LogP contribution is -2.42. The number of rotatable bonds is 7. The lowest BCUT2D eigenvalue weighted by Gasteiger charge is -2.18. The van der Waals surface area contributed by atoms with Gasteiger partial charge < -0.3 is 15.0 Å². The van der Waals surface area contributed by atoms with Gasteiger partial charge in [0.05, 0.1) is 17.7 Å². The smallest absolute Gasteiger partial charge is 0.262 e. The van der Waals surface area contributed by atoms with E-state index in [4.69, 9.17) is 4.74 Å². The summed E-state index contributed by atoms with van der Waals surface area (Å²) >= 11 is 0. The molecule has 4 amide bonds. The van der Waals surface area contributed by atoms with Crippen LogP contribution >= 0.6 is 0 Å². The maximum atomic E-state index is 12.4. The Kier molecular flexibility index (Phi) is 5.70. The van der Waals surface area contributed by atoms with Crippen molar-refractivity contribution in [2.75, 3.05) is 31.1 Å². The average Bonchev–Trinajstić information content (AvgIpc) is 3.26. The van der Waals surface area contributed by atoms with E-state index >= 15 is 0 Å². The average molecular weight is 421 g/mol. The van der Waals surface area contributed by atoms with Crippen LogP contribution in [-0.4, -0.2) is 54.8 Å². The SMILES string of the molecule is CCOc1ccc(N2CC(CNC(=O)CN3C(=O)c4ccccc4C3=O)CC2=O)cc1. The van der Waals surface area contributed by atoms with Crippen molar-refractivity contribution in [3.05, 3.63) is 59.7 Å². The Bertz CT molecular complexity index is 999. The molecule has 4 rings (SSSR count). The number of fused-ring (bicyclic) bond motifs is 1. The van der Waals surface area contributed by atoms with Crippen LogP contribution in [0.15, 0.2) is 48.5 Å². The number of nitrogens with zero attached hydrogens (tertiary/aromatic N) is 2. The van der Waals surface area contributed by atoms with Gasteiger partial charge in [-0.3, -0.25) is 24.1 Å². The van der Waals surface area contributed by atoms with Crippen molar-refractivity contribution in [2.24, 2.45) is 5.92 Å². The van der Waals surface area contributed by atoms with Crippen molar-refractivity contribution in [1.29, 1.82) is 0 Å². The molecule has 160 valence electrons. The van der Waals surface area contributed by atoms with Crippen molar-refractivity contribution in [3.63, 3.8) is 0 Å². The maximum absolute atomic E-state index is 12.4.